The molecule has 0 saturated carbocycles. The number of rotatable bonds is 4. The Balaban J connectivity index is 1.56. The first-order valence-electron chi connectivity index (χ1n) is 6.68. The van der Waals surface area contributed by atoms with E-state index in [1.165, 1.54) is 11.1 Å². The summed E-state index contributed by atoms with van der Waals surface area (Å²) in [7, 11) is 0. The monoisotopic (exact) mass is 254 g/mol. The first kappa shape index (κ1) is 12.2. The Morgan fingerprint density at radius 1 is 1.26 bits per heavy atom. The lowest BCUT2D eigenvalue weighted by atomic mass is 9.77. The van der Waals surface area contributed by atoms with E-state index in [2.05, 4.69) is 34.6 Å². The Labute approximate surface area is 113 Å². The van der Waals surface area contributed by atoms with E-state index in [0.717, 1.165) is 24.4 Å². The summed E-state index contributed by atoms with van der Waals surface area (Å²) >= 11 is 0. The minimum absolute atomic E-state index is 0.270. The number of hydrogen-bond acceptors (Lipinski definition) is 3. The zero-order valence-electron chi connectivity index (χ0n) is 11.1. The fourth-order valence-corrected chi connectivity index (χ4v) is 2.64. The predicted octanol–water partition coefficient (Wildman–Crippen LogP) is 2.53. The molecule has 2 aromatic rings. The molecule has 1 aliphatic rings. The SMILES string of the molecule is Cc1ccc(O)c(CNCC2Cc3ccccc32)n1. The largest absolute Gasteiger partial charge is 0.506 e. The number of aromatic nitrogens is 1. The third-order valence-corrected chi connectivity index (χ3v) is 3.73. The quantitative estimate of drug-likeness (QED) is 0.881. The second kappa shape index (κ2) is 5.02. The average Bonchev–Trinajstić information content (AvgIpc) is 2.39. The maximum Gasteiger partial charge on any atom is 0.138 e. The van der Waals surface area contributed by atoms with Crippen LogP contribution >= 0.6 is 0 Å². The Morgan fingerprint density at radius 3 is 2.95 bits per heavy atom. The molecule has 1 aromatic carbocycles. The molecular weight excluding hydrogens is 236 g/mol. The molecule has 1 unspecified atom stereocenters. The number of aryl methyl sites for hydroxylation is 1. The van der Waals surface area contributed by atoms with Gasteiger partial charge in [0.2, 0.25) is 0 Å². The van der Waals surface area contributed by atoms with Gasteiger partial charge in [-0.25, -0.2) is 0 Å². The lowest BCUT2D eigenvalue weighted by Gasteiger charge is -2.30. The highest BCUT2D eigenvalue weighted by molar-refractivity contribution is 5.40. The summed E-state index contributed by atoms with van der Waals surface area (Å²) in [5, 5.41) is 13.1. The van der Waals surface area contributed by atoms with E-state index < -0.39 is 0 Å². The molecule has 1 heterocycles. The van der Waals surface area contributed by atoms with Crippen molar-refractivity contribution in [3.8, 4) is 5.75 Å². The van der Waals surface area contributed by atoms with E-state index in [1.54, 1.807) is 6.07 Å². The number of nitrogens with one attached hydrogen (secondary N) is 1. The maximum absolute atomic E-state index is 9.73. The highest BCUT2D eigenvalue weighted by atomic mass is 16.3. The summed E-state index contributed by atoms with van der Waals surface area (Å²) in [6.07, 6.45) is 1.15. The number of pyridine rings is 1. The second-order valence-electron chi connectivity index (χ2n) is 5.15. The van der Waals surface area contributed by atoms with Crippen LogP contribution in [0.2, 0.25) is 0 Å². The molecule has 0 fully saturated rings. The Kier molecular flexibility index (Phi) is 3.22. The van der Waals surface area contributed by atoms with Crippen molar-refractivity contribution in [3.05, 3.63) is 58.9 Å². The van der Waals surface area contributed by atoms with Crippen LogP contribution in [0, 0.1) is 6.92 Å². The van der Waals surface area contributed by atoms with Gasteiger partial charge in [-0.1, -0.05) is 24.3 Å². The van der Waals surface area contributed by atoms with Crippen molar-refractivity contribution >= 4 is 0 Å². The van der Waals surface area contributed by atoms with E-state index in [-0.39, 0.29) is 5.75 Å². The van der Waals surface area contributed by atoms with Crippen LogP contribution in [-0.4, -0.2) is 16.6 Å². The van der Waals surface area contributed by atoms with Crippen LogP contribution in [0.25, 0.3) is 0 Å². The number of nitrogens with zero attached hydrogens (tertiary/aromatic N) is 1. The van der Waals surface area contributed by atoms with E-state index >= 15 is 0 Å². The summed E-state index contributed by atoms with van der Waals surface area (Å²) in [6.45, 7) is 3.49. The molecule has 98 valence electrons. The molecule has 0 saturated heterocycles. The molecule has 3 rings (SSSR count). The molecule has 0 radical (unpaired) electrons. The predicted molar refractivity (Wildman–Crippen MR) is 75.2 cm³/mol. The molecule has 0 bridgehead atoms. The fraction of sp³-hybridized carbons (Fsp3) is 0.312. The normalized spacial score (nSPS) is 16.8. The smallest absolute Gasteiger partial charge is 0.138 e. The van der Waals surface area contributed by atoms with E-state index in [1.807, 2.05) is 13.0 Å². The topological polar surface area (TPSA) is 45.1 Å². The summed E-state index contributed by atoms with van der Waals surface area (Å²) in [5.41, 5.74) is 4.58. The lowest BCUT2D eigenvalue weighted by molar-refractivity contribution is 0.455. The van der Waals surface area contributed by atoms with E-state index in [9.17, 15) is 5.11 Å². The van der Waals surface area contributed by atoms with Gasteiger partial charge in [0, 0.05) is 24.7 Å². The summed E-state index contributed by atoms with van der Waals surface area (Å²) < 4.78 is 0. The maximum atomic E-state index is 9.73. The molecule has 3 nitrogen and oxygen atoms in total. The van der Waals surface area contributed by atoms with Crippen molar-refractivity contribution in [2.75, 3.05) is 6.54 Å². The van der Waals surface area contributed by atoms with Crippen LogP contribution in [0.4, 0.5) is 0 Å². The van der Waals surface area contributed by atoms with Gasteiger partial charge in [0.05, 0.1) is 5.69 Å². The highest BCUT2D eigenvalue weighted by Gasteiger charge is 2.24. The Morgan fingerprint density at radius 2 is 2.11 bits per heavy atom. The van der Waals surface area contributed by atoms with Crippen molar-refractivity contribution in [2.45, 2.75) is 25.8 Å². The molecule has 0 spiro atoms. The Hall–Kier alpha value is -1.87. The molecule has 3 heteroatoms. The zero-order chi connectivity index (χ0) is 13.2. The van der Waals surface area contributed by atoms with E-state index in [4.69, 9.17) is 0 Å². The van der Waals surface area contributed by atoms with Crippen LogP contribution in [0.5, 0.6) is 5.75 Å². The summed E-state index contributed by atoms with van der Waals surface area (Å²) in [5.74, 6) is 0.871. The third kappa shape index (κ3) is 2.47. The first-order valence-corrected chi connectivity index (χ1v) is 6.68. The van der Waals surface area contributed by atoms with Gasteiger partial charge in [-0.2, -0.15) is 0 Å². The average molecular weight is 254 g/mol. The van der Waals surface area contributed by atoms with Crippen LogP contribution in [-0.2, 0) is 13.0 Å². The van der Waals surface area contributed by atoms with Gasteiger partial charge in [0.15, 0.2) is 0 Å². The zero-order valence-corrected chi connectivity index (χ0v) is 11.1. The molecule has 2 N–H and O–H groups in total. The van der Waals surface area contributed by atoms with Gasteiger partial charge in [-0.15, -0.1) is 0 Å². The third-order valence-electron chi connectivity index (χ3n) is 3.73. The van der Waals surface area contributed by atoms with Gasteiger partial charge >= 0.3 is 0 Å². The van der Waals surface area contributed by atoms with Crippen molar-refractivity contribution in [2.24, 2.45) is 0 Å². The van der Waals surface area contributed by atoms with Crippen molar-refractivity contribution < 1.29 is 5.11 Å². The highest BCUT2D eigenvalue weighted by Crippen LogP contribution is 2.34. The number of hydrogen-bond donors (Lipinski definition) is 2. The molecule has 0 amide bonds. The summed E-state index contributed by atoms with van der Waals surface area (Å²) in [6, 6.07) is 12.1. The number of benzene rings is 1. The molecule has 1 aliphatic carbocycles. The van der Waals surface area contributed by atoms with Crippen LogP contribution in [0.15, 0.2) is 36.4 Å². The van der Waals surface area contributed by atoms with Gasteiger partial charge in [-0.05, 0) is 36.6 Å². The molecule has 19 heavy (non-hydrogen) atoms. The van der Waals surface area contributed by atoms with Gasteiger partial charge in [0.1, 0.15) is 5.75 Å². The van der Waals surface area contributed by atoms with Gasteiger partial charge in [0.25, 0.3) is 0 Å². The van der Waals surface area contributed by atoms with Crippen molar-refractivity contribution in [1.82, 2.24) is 10.3 Å². The molecular formula is C16H18N2O. The van der Waals surface area contributed by atoms with Crippen LogP contribution in [0.1, 0.15) is 28.4 Å². The molecule has 0 aliphatic heterocycles. The van der Waals surface area contributed by atoms with E-state index in [0.29, 0.717) is 12.5 Å². The molecule has 1 aromatic heterocycles. The number of fused-ring (bicyclic) bond motifs is 1. The van der Waals surface area contributed by atoms with Gasteiger partial charge in [-0.3, -0.25) is 4.98 Å². The first-order chi connectivity index (χ1) is 9.24. The number of aromatic hydroxyl groups is 1. The minimum atomic E-state index is 0.270. The van der Waals surface area contributed by atoms with Crippen LogP contribution in [0.3, 0.4) is 0 Å². The fourth-order valence-electron chi connectivity index (χ4n) is 2.64. The van der Waals surface area contributed by atoms with Crippen molar-refractivity contribution in [3.63, 3.8) is 0 Å². The summed E-state index contributed by atoms with van der Waals surface area (Å²) in [4.78, 5) is 4.35. The second-order valence-corrected chi connectivity index (χ2v) is 5.15. The lowest BCUT2D eigenvalue weighted by Crippen LogP contribution is -2.29. The standard InChI is InChI=1S/C16H18N2O/c1-11-6-7-16(19)15(18-11)10-17-9-13-8-12-4-2-3-5-14(12)13/h2-7,13,17,19H,8-10H2,1H3. The van der Waals surface area contributed by atoms with Gasteiger partial charge < -0.3 is 10.4 Å². The van der Waals surface area contributed by atoms with Crippen LogP contribution < -0.4 is 5.32 Å². The molecule has 1 atom stereocenters. The Bertz CT molecular complexity index is 595. The van der Waals surface area contributed by atoms with Crippen molar-refractivity contribution in [1.29, 1.82) is 0 Å². The minimum Gasteiger partial charge on any atom is -0.506 e.